The number of nitrogens with zero attached hydrogens (tertiary/aromatic N) is 1. The van der Waals surface area contributed by atoms with Gasteiger partial charge in [-0.1, -0.05) is 6.07 Å². The summed E-state index contributed by atoms with van der Waals surface area (Å²) in [6, 6.07) is 12.3. The molecule has 0 aromatic heterocycles. The molecule has 0 atom stereocenters. The zero-order valence-electron chi connectivity index (χ0n) is 16.9. The van der Waals surface area contributed by atoms with E-state index in [1.807, 2.05) is 19.1 Å². The van der Waals surface area contributed by atoms with Crippen molar-refractivity contribution in [2.24, 2.45) is 5.10 Å². The molecule has 8 nitrogen and oxygen atoms in total. The lowest BCUT2D eigenvalue weighted by atomic mass is 10.2. The molecule has 0 saturated carbocycles. The van der Waals surface area contributed by atoms with Crippen LogP contribution in [0.25, 0.3) is 0 Å². The molecule has 158 valence electrons. The minimum Gasteiger partial charge on any atom is -0.483 e. The molecule has 0 saturated heterocycles. The summed E-state index contributed by atoms with van der Waals surface area (Å²) in [6.45, 7) is 4.81. The first-order valence-electron chi connectivity index (χ1n) is 9.11. The highest BCUT2D eigenvalue weighted by atomic mass is 79.9. The highest BCUT2D eigenvalue weighted by Crippen LogP contribution is 2.25. The molecular weight excluding hydrogens is 452 g/mol. The number of nitrogens with one attached hydrogen (secondary N) is 3. The number of anilines is 2. The largest absolute Gasteiger partial charge is 0.483 e. The van der Waals surface area contributed by atoms with E-state index in [-0.39, 0.29) is 24.8 Å². The molecule has 0 unspecified atom stereocenters. The topological polar surface area (TPSA) is 109 Å². The van der Waals surface area contributed by atoms with E-state index in [0.29, 0.717) is 22.8 Å². The van der Waals surface area contributed by atoms with Crippen LogP contribution in [0.4, 0.5) is 11.4 Å². The summed E-state index contributed by atoms with van der Waals surface area (Å²) in [6.07, 6.45) is 0.0120. The molecule has 0 aliphatic heterocycles. The number of hydrogen-bond donors (Lipinski definition) is 3. The van der Waals surface area contributed by atoms with Gasteiger partial charge in [-0.25, -0.2) is 5.43 Å². The summed E-state index contributed by atoms with van der Waals surface area (Å²) in [5, 5.41) is 9.29. The molecule has 0 aliphatic carbocycles. The summed E-state index contributed by atoms with van der Waals surface area (Å²) >= 11 is 3.38. The lowest BCUT2D eigenvalue weighted by molar-refractivity contribution is -0.123. The first kappa shape index (κ1) is 23.1. The third-order valence-corrected chi connectivity index (χ3v) is 4.34. The molecular formula is C21H23BrN4O4. The number of aryl methyl sites for hydroxylation is 1. The maximum absolute atomic E-state index is 12.1. The maximum atomic E-state index is 12.1. The normalized spacial score (nSPS) is 10.9. The Kier molecular flexibility index (Phi) is 8.54. The minimum atomic E-state index is -0.434. The molecule has 3 N–H and O–H groups in total. The maximum Gasteiger partial charge on any atom is 0.277 e. The second-order valence-corrected chi connectivity index (χ2v) is 7.44. The van der Waals surface area contributed by atoms with Crippen molar-refractivity contribution in [1.29, 1.82) is 0 Å². The molecule has 2 rings (SSSR count). The minimum absolute atomic E-state index is 0.0120. The van der Waals surface area contributed by atoms with Crippen LogP contribution in [0.15, 0.2) is 52.0 Å². The van der Waals surface area contributed by atoms with Crippen LogP contribution in [0, 0.1) is 6.92 Å². The monoisotopic (exact) mass is 474 g/mol. The van der Waals surface area contributed by atoms with Gasteiger partial charge in [0.2, 0.25) is 11.8 Å². The number of benzene rings is 2. The van der Waals surface area contributed by atoms with Crippen LogP contribution < -0.4 is 20.8 Å². The van der Waals surface area contributed by atoms with Crippen molar-refractivity contribution in [2.75, 3.05) is 17.2 Å². The van der Waals surface area contributed by atoms with E-state index in [2.05, 4.69) is 37.1 Å². The molecule has 0 bridgehead atoms. The van der Waals surface area contributed by atoms with Crippen LogP contribution in [0.3, 0.4) is 0 Å². The van der Waals surface area contributed by atoms with Crippen LogP contribution >= 0.6 is 15.9 Å². The molecule has 0 radical (unpaired) electrons. The number of ether oxygens (including phenoxy) is 1. The molecule has 0 aliphatic rings. The summed E-state index contributed by atoms with van der Waals surface area (Å²) in [5.74, 6) is -0.327. The average Bonchev–Trinajstić information content (AvgIpc) is 2.66. The zero-order valence-corrected chi connectivity index (χ0v) is 18.5. The number of halogens is 1. The predicted molar refractivity (Wildman–Crippen MR) is 120 cm³/mol. The van der Waals surface area contributed by atoms with E-state index >= 15 is 0 Å². The van der Waals surface area contributed by atoms with Crippen molar-refractivity contribution in [3.8, 4) is 5.75 Å². The van der Waals surface area contributed by atoms with Crippen LogP contribution in [0.5, 0.6) is 5.75 Å². The SMILES string of the molecule is CC(=O)Nc1ccc(NC(=O)CC(C)=NNC(=O)COc2ccc(C)cc2Br)cc1. The number of carbonyl (C=O) groups excluding carboxylic acids is 3. The fourth-order valence-corrected chi connectivity index (χ4v) is 2.98. The molecule has 0 fully saturated rings. The van der Waals surface area contributed by atoms with Gasteiger partial charge in [0.05, 0.1) is 10.9 Å². The van der Waals surface area contributed by atoms with E-state index in [9.17, 15) is 14.4 Å². The second kappa shape index (κ2) is 11.1. The molecule has 30 heavy (non-hydrogen) atoms. The van der Waals surface area contributed by atoms with Gasteiger partial charge in [0.25, 0.3) is 5.91 Å². The standard InChI is InChI=1S/C21H23BrN4O4/c1-13-4-9-19(18(22)10-13)30-12-21(29)26-25-14(2)11-20(28)24-17-7-5-16(6-8-17)23-15(3)27/h4-10H,11-12H2,1-3H3,(H,23,27)(H,24,28)(H,26,29). The average molecular weight is 475 g/mol. The number of rotatable bonds is 8. The van der Waals surface area contributed by atoms with Crippen molar-refractivity contribution in [3.63, 3.8) is 0 Å². The van der Waals surface area contributed by atoms with Gasteiger partial charge in [0.15, 0.2) is 6.61 Å². The van der Waals surface area contributed by atoms with E-state index < -0.39 is 5.91 Å². The Hall–Kier alpha value is -3.20. The van der Waals surface area contributed by atoms with Gasteiger partial charge in [0.1, 0.15) is 5.75 Å². The predicted octanol–water partition coefficient (Wildman–Crippen LogP) is 3.62. The molecule has 9 heteroatoms. The van der Waals surface area contributed by atoms with Crippen molar-refractivity contribution in [2.45, 2.75) is 27.2 Å². The Labute approximate surface area is 183 Å². The highest BCUT2D eigenvalue weighted by Gasteiger charge is 2.08. The quantitative estimate of drug-likeness (QED) is 0.400. The highest BCUT2D eigenvalue weighted by molar-refractivity contribution is 9.10. The van der Waals surface area contributed by atoms with Gasteiger partial charge in [-0.15, -0.1) is 0 Å². The Morgan fingerprint density at radius 3 is 2.20 bits per heavy atom. The smallest absolute Gasteiger partial charge is 0.277 e. The van der Waals surface area contributed by atoms with E-state index in [0.717, 1.165) is 10.0 Å². The third-order valence-electron chi connectivity index (χ3n) is 3.72. The molecule has 0 spiro atoms. The van der Waals surface area contributed by atoms with Crippen molar-refractivity contribution in [1.82, 2.24) is 5.43 Å². The third kappa shape index (κ3) is 8.04. The molecule has 2 aromatic carbocycles. The second-order valence-electron chi connectivity index (χ2n) is 6.59. The van der Waals surface area contributed by atoms with E-state index in [1.165, 1.54) is 6.92 Å². The fraction of sp³-hybridized carbons (Fsp3) is 0.238. The van der Waals surface area contributed by atoms with Gasteiger partial charge >= 0.3 is 0 Å². The Bertz CT molecular complexity index is 958. The summed E-state index contributed by atoms with van der Waals surface area (Å²) < 4.78 is 6.21. The van der Waals surface area contributed by atoms with E-state index in [1.54, 1.807) is 37.3 Å². The summed E-state index contributed by atoms with van der Waals surface area (Å²) in [5.41, 5.74) is 5.10. The lowest BCUT2D eigenvalue weighted by Crippen LogP contribution is -2.26. The van der Waals surface area contributed by atoms with Crippen LogP contribution in [0.1, 0.15) is 25.8 Å². The summed E-state index contributed by atoms with van der Waals surface area (Å²) in [4.78, 5) is 35.0. The van der Waals surface area contributed by atoms with Crippen LogP contribution in [-0.4, -0.2) is 30.0 Å². The van der Waals surface area contributed by atoms with Crippen molar-refractivity contribution < 1.29 is 19.1 Å². The first-order chi connectivity index (χ1) is 14.2. The summed E-state index contributed by atoms with van der Waals surface area (Å²) in [7, 11) is 0. The van der Waals surface area contributed by atoms with Gasteiger partial charge in [0, 0.05) is 24.0 Å². The fourth-order valence-electron chi connectivity index (χ4n) is 2.37. The van der Waals surface area contributed by atoms with Crippen molar-refractivity contribution >= 4 is 50.7 Å². The van der Waals surface area contributed by atoms with Gasteiger partial charge in [-0.3, -0.25) is 14.4 Å². The van der Waals surface area contributed by atoms with Crippen molar-refractivity contribution in [3.05, 3.63) is 52.5 Å². The van der Waals surface area contributed by atoms with Crippen LogP contribution in [-0.2, 0) is 14.4 Å². The Balaban J connectivity index is 1.77. The number of hydrogen-bond acceptors (Lipinski definition) is 5. The zero-order chi connectivity index (χ0) is 22.1. The number of hydrazone groups is 1. The molecule has 2 aromatic rings. The Morgan fingerprint density at radius 1 is 0.967 bits per heavy atom. The first-order valence-corrected chi connectivity index (χ1v) is 9.90. The molecule has 3 amide bonds. The number of carbonyl (C=O) groups is 3. The Morgan fingerprint density at radius 2 is 1.60 bits per heavy atom. The van der Waals surface area contributed by atoms with Crippen LogP contribution in [0.2, 0.25) is 0 Å². The van der Waals surface area contributed by atoms with Gasteiger partial charge in [-0.2, -0.15) is 5.10 Å². The van der Waals surface area contributed by atoms with Gasteiger partial charge < -0.3 is 15.4 Å². The van der Waals surface area contributed by atoms with Gasteiger partial charge in [-0.05, 0) is 71.7 Å². The lowest BCUT2D eigenvalue weighted by Gasteiger charge is -2.08. The van der Waals surface area contributed by atoms with E-state index in [4.69, 9.17) is 4.74 Å². The number of amides is 3. The molecule has 0 heterocycles.